The molecule has 1 aromatic heterocycles. The molecule has 29 heavy (non-hydrogen) atoms. The van der Waals surface area contributed by atoms with Crippen LogP contribution in [0.5, 0.6) is 0 Å². The lowest BCUT2D eigenvalue weighted by atomic mass is 10.0. The first kappa shape index (κ1) is 20.0. The van der Waals surface area contributed by atoms with Gasteiger partial charge in [-0.15, -0.1) is 0 Å². The predicted molar refractivity (Wildman–Crippen MR) is 119 cm³/mol. The Morgan fingerprint density at radius 1 is 1.28 bits per heavy atom. The van der Waals surface area contributed by atoms with Crippen molar-refractivity contribution in [1.82, 2.24) is 20.0 Å². The summed E-state index contributed by atoms with van der Waals surface area (Å²) >= 11 is 0. The number of nitrogens with one attached hydrogen (secondary N) is 1. The van der Waals surface area contributed by atoms with Crippen LogP contribution in [0.25, 0.3) is 0 Å². The molecule has 1 aliphatic heterocycles. The number of aliphatic imine (C=N–C) groups is 1. The molecule has 2 heterocycles. The van der Waals surface area contributed by atoms with Gasteiger partial charge in [-0.05, 0) is 54.7 Å². The third-order valence-electron chi connectivity index (χ3n) is 6.31. The smallest absolute Gasteiger partial charge is 0.194 e. The SMILES string of the molecule is CCN=C(NC1CC1c1ccc(C(C)C)cc1)N1CCC(Cc2cnn(C)c2)C1. The summed E-state index contributed by atoms with van der Waals surface area (Å²) in [5.41, 5.74) is 4.22. The van der Waals surface area contributed by atoms with Crippen molar-refractivity contribution in [3.05, 3.63) is 53.3 Å². The van der Waals surface area contributed by atoms with Gasteiger partial charge in [0.25, 0.3) is 0 Å². The Morgan fingerprint density at radius 3 is 2.72 bits per heavy atom. The lowest BCUT2D eigenvalue weighted by Crippen LogP contribution is -2.41. The van der Waals surface area contributed by atoms with E-state index in [4.69, 9.17) is 4.99 Å². The van der Waals surface area contributed by atoms with Crippen LogP contribution in [0, 0.1) is 5.92 Å². The molecule has 1 saturated heterocycles. The number of hydrogen-bond acceptors (Lipinski definition) is 2. The number of aromatic nitrogens is 2. The fourth-order valence-electron chi connectivity index (χ4n) is 4.51. The summed E-state index contributed by atoms with van der Waals surface area (Å²) < 4.78 is 1.90. The van der Waals surface area contributed by atoms with Gasteiger partial charge in [-0.25, -0.2) is 0 Å². The van der Waals surface area contributed by atoms with Gasteiger partial charge in [0, 0.05) is 44.8 Å². The molecule has 2 aliphatic rings. The zero-order valence-electron chi connectivity index (χ0n) is 18.3. The van der Waals surface area contributed by atoms with Crippen LogP contribution in [0.2, 0.25) is 0 Å². The molecule has 0 spiro atoms. The second-order valence-corrected chi connectivity index (χ2v) is 9.04. The minimum absolute atomic E-state index is 0.516. The maximum absolute atomic E-state index is 4.81. The number of guanidine groups is 1. The molecule has 1 N–H and O–H groups in total. The molecule has 5 nitrogen and oxygen atoms in total. The number of rotatable bonds is 6. The van der Waals surface area contributed by atoms with Gasteiger partial charge < -0.3 is 10.2 Å². The summed E-state index contributed by atoms with van der Waals surface area (Å²) in [6.45, 7) is 9.63. The highest BCUT2D eigenvalue weighted by Gasteiger charge is 2.40. The van der Waals surface area contributed by atoms with E-state index in [1.807, 2.05) is 17.9 Å². The van der Waals surface area contributed by atoms with Gasteiger partial charge in [0.1, 0.15) is 0 Å². The molecule has 0 radical (unpaired) electrons. The molecule has 3 atom stereocenters. The van der Waals surface area contributed by atoms with Gasteiger partial charge in [-0.3, -0.25) is 9.67 Å². The van der Waals surface area contributed by atoms with E-state index in [-0.39, 0.29) is 0 Å². The van der Waals surface area contributed by atoms with Crippen LogP contribution in [0.3, 0.4) is 0 Å². The summed E-state index contributed by atoms with van der Waals surface area (Å²) in [4.78, 5) is 7.27. The Balaban J connectivity index is 1.33. The molecule has 1 saturated carbocycles. The van der Waals surface area contributed by atoms with E-state index in [0.29, 0.717) is 23.8 Å². The predicted octanol–water partition coefficient (Wildman–Crippen LogP) is 3.93. The molecule has 0 bridgehead atoms. The first-order valence-corrected chi connectivity index (χ1v) is 11.2. The Kier molecular flexibility index (Phi) is 5.93. The van der Waals surface area contributed by atoms with Crippen LogP contribution < -0.4 is 5.32 Å². The van der Waals surface area contributed by atoms with Crippen molar-refractivity contribution in [2.24, 2.45) is 18.0 Å². The third-order valence-corrected chi connectivity index (χ3v) is 6.31. The molecular weight excluding hydrogens is 358 g/mol. The van der Waals surface area contributed by atoms with E-state index in [9.17, 15) is 0 Å². The maximum Gasteiger partial charge on any atom is 0.194 e. The van der Waals surface area contributed by atoms with E-state index in [0.717, 1.165) is 32.0 Å². The second-order valence-electron chi connectivity index (χ2n) is 9.04. The van der Waals surface area contributed by atoms with Crippen molar-refractivity contribution in [1.29, 1.82) is 0 Å². The molecule has 5 heteroatoms. The highest BCUT2D eigenvalue weighted by atomic mass is 15.3. The monoisotopic (exact) mass is 393 g/mol. The van der Waals surface area contributed by atoms with Crippen LogP contribution >= 0.6 is 0 Å². The lowest BCUT2D eigenvalue weighted by Gasteiger charge is -2.22. The average molecular weight is 394 g/mol. The maximum atomic E-state index is 4.81. The summed E-state index contributed by atoms with van der Waals surface area (Å²) in [6.07, 6.45) is 7.68. The molecule has 3 unspecified atom stereocenters. The largest absolute Gasteiger partial charge is 0.353 e. The summed E-state index contributed by atoms with van der Waals surface area (Å²) in [5.74, 6) is 3.00. The van der Waals surface area contributed by atoms with Crippen molar-refractivity contribution < 1.29 is 0 Å². The van der Waals surface area contributed by atoms with E-state index in [1.165, 1.54) is 29.5 Å². The number of aryl methyl sites for hydroxylation is 1. The van der Waals surface area contributed by atoms with Gasteiger partial charge in [-0.2, -0.15) is 5.10 Å². The lowest BCUT2D eigenvalue weighted by molar-refractivity contribution is 0.458. The quantitative estimate of drug-likeness (QED) is 0.597. The minimum Gasteiger partial charge on any atom is -0.353 e. The molecule has 2 aromatic rings. The first-order chi connectivity index (χ1) is 14.0. The van der Waals surface area contributed by atoms with Gasteiger partial charge in [-0.1, -0.05) is 38.1 Å². The van der Waals surface area contributed by atoms with E-state index >= 15 is 0 Å². The molecule has 2 fully saturated rings. The summed E-state index contributed by atoms with van der Waals surface area (Å²) in [6, 6.07) is 9.73. The van der Waals surface area contributed by atoms with Gasteiger partial charge >= 0.3 is 0 Å². The van der Waals surface area contributed by atoms with Crippen molar-refractivity contribution in [3.8, 4) is 0 Å². The zero-order chi connectivity index (χ0) is 20.4. The normalized spacial score (nSPS) is 24.4. The molecule has 4 rings (SSSR count). The highest BCUT2D eigenvalue weighted by molar-refractivity contribution is 5.81. The topological polar surface area (TPSA) is 45.5 Å². The van der Waals surface area contributed by atoms with Gasteiger partial charge in [0.2, 0.25) is 0 Å². The highest BCUT2D eigenvalue weighted by Crippen LogP contribution is 2.41. The van der Waals surface area contributed by atoms with Crippen LogP contribution in [-0.2, 0) is 13.5 Å². The fraction of sp³-hybridized carbons (Fsp3) is 0.583. The Bertz CT molecular complexity index is 835. The Morgan fingerprint density at radius 2 is 2.07 bits per heavy atom. The second kappa shape index (κ2) is 8.60. The molecule has 1 aliphatic carbocycles. The standard InChI is InChI=1S/C24H35N5/c1-5-25-24(29-11-10-18(16-29)12-19-14-26-28(4)15-19)27-23-13-22(23)21-8-6-20(7-9-21)17(2)3/h6-9,14-15,17-18,22-23H,5,10-13,16H2,1-4H3,(H,25,27). The zero-order valence-corrected chi connectivity index (χ0v) is 18.3. The Hall–Kier alpha value is -2.30. The van der Waals surface area contributed by atoms with Crippen LogP contribution in [-0.4, -0.2) is 46.3 Å². The van der Waals surface area contributed by atoms with Gasteiger partial charge in [0.05, 0.1) is 6.20 Å². The number of hydrogen-bond donors (Lipinski definition) is 1. The van der Waals surface area contributed by atoms with Crippen LogP contribution in [0.4, 0.5) is 0 Å². The van der Waals surface area contributed by atoms with E-state index < -0.39 is 0 Å². The minimum atomic E-state index is 0.516. The average Bonchev–Trinajstić information content (AvgIpc) is 3.10. The van der Waals surface area contributed by atoms with Crippen molar-refractivity contribution in [2.45, 2.75) is 57.9 Å². The van der Waals surface area contributed by atoms with E-state index in [1.54, 1.807) is 0 Å². The Labute approximate surface area is 175 Å². The van der Waals surface area contributed by atoms with Gasteiger partial charge in [0.15, 0.2) is 5.96 Å². The number of likely N-dealkylation sites (tertiary alicyclic amines) is 1. The number of nitrogens with zero attached hydrogens (tertiary/aromatic N) is 4. The number of benzene rings is 1. The first-order valence-electron chi connectivity index (χ1n) is 11.2. The fourth-order valence-corrected chi connectivity index (χ4v) is 4.51. The molecular formula is C24H35N5. The summed E-state index contributed by atoms with van der Waals surface area (Å²) in [5, 5.41) is 8.08. The van der Waals surface area contributed by atoms with Crippen molar-refractivity contribution in [3.63, 3.8) is 0 Å². The summed E-state index contributed by atoms with van der Waals surface area (Å²) in [7, 11) is 1.99. The van der Waals surface area contributed by atoms with Crippen LogP contribution in [0.1, 0.15) is 62.1 Å². The molecule has 1 aromatic carbocycles. The molecule has 156 valence electrons. The van der Waals surface area contributed by atoms with Crippen molar-refractivity contribution >= 4 is 5.96 Å². The van der Waals surface area contributed by atoms with Crippen LogP contribution in [0.15, 0.2) is 41.7 Å². The van der Waals surface area contributed by atoms with Crippen molar-refractivity contribution in [2.75, 3.05) is 19.6 Å². The molecule has 0 amide bonds. The third kappa shape index (κ3) is 4.82. The van der Waals surface area contributed by atoms with E-state index in [2.05, 4.69) is 66.5 Å².